The van der Waals surface area contributed by atoms with Gasteiger partial charge in [-0.05, 0) is 30.2 Å². The van der Waals surface area contributed by atoms with Crippen LogP contribution in [-0.4, -0.2) is 36.1 Å². The Bertz CT molecular complexity index is 626. The Morgan fingerprint density at radius 1 is 1.43 bits per heavy atom. The molecule has 8 heteroatoms. The van der Waals surface area contributed by atoms with E-state index in [1.54, 1.807) is 12.1 Å². The molecular weight excluding hydrogens is 300 g/mol. The van der Waals surface area contributed by atoms with E-state index in [0.717, 1.165) is 5.56 Å². The molecule has 1 unspecified atom stereocenters. The number of aliphatic imine (C=N–C) groups is 1. The number of benzene rings is 1. The van der Waals surface area contributed by atoms with E-state index in [-0.39, 0.29) is 18.3 Å². The number of carboxylic acid groups (broad SMARTS) is 1. The number of fused-ring (bicyclic) bond motifs is 1. The van der Waals surface area contributed by atoms with Gasteiger partial charge >= 0.3 is 5.97 Å². The van der Waals surface area contributed by atoms with Gasteiger partial charge < -0.3 is 26.6 Å². The molecule has 0 saturated heterocycles. The second-order valence-corrected chi connectivity index (χ2v) is 5.32. The van der Waals surface area contributed by atoms with Crippen LogP contribution in [-0.2, 0) is 16.0 Å². The number of amides is 1. The quantitative estimate of drug-likeness (QED) is 0.324. The van der Waals surface area contributed by atoms with Crippen LogP contribution in [0.5, 0.6) is 5.75 Å². The summed E-state index contributed by atoms with van der Waals surface area (Å²) in [5, 5.41) is 11.6. The van der Waals surface area contributed by atoms with Crippen molar-refractivity contribution < 1.29 is 19.4 Å². The molecule has 2 rings (SSSR count). The minimum Gasteiger partial charge on any atom is -0.494 e. The van der Waals surface area contributed by atoms with Gasteiger partial charge in [-0.25, -0.2) is 0 Å². The lowest BCUT2D eigenvalue weighted by atomic mass is 9.90. The fourth-order valence-electron chi connectivity index (χ4n) is 2.38. The SMILES string of the molecule is NC(N)=NCCCOc1ccc2c(c1)CC(CC(=O)O)C(=O)N2. The molecule has 8 nitrogen and oxygen atoms in total. The first kappa shape index (κ1) is 16.6. The van der Waals surface area contributed by atoms with E-state index in [1.807, 2.05) is 6.07 Å². The normalized spacial score (nSPS) is 16.2. The van der Waals surface area contributed by atoms with Crippen molar-refractivity contribution in [3.63, 3.8) is 0 Å². The number of carboxylic acids is 1. The predicted octanol–water partition coefficient (Wildman–Crippen LogP) is 0.314. The van der Waals surface area contributed by atoms with Gasteiger partial charge in [0.05, 0.1) is 18.9 Å². The fraction of sp³-hybridized carbons (Fsp3) is 0.400. The minimum atomic E-state index is -0.985. The highest BCUT2D eigenvalue weighted by atomic mass is 16.5. The standard InChI is InChI=1S/C15H20N4O4/c16-15(17)18-4-1-5-23-11-2-3-12-9(7-11)6-10(8-13(20)21)14(22)19-12/h2-3,7,10H,1,4-6,8H2,(H,19,22)(H,20,21)(H4,16,17,18). The molecule has 1 atom stereocenters. The predicted molar refractivity (Wildman–Crippen MR) is 85.3 cm³/mol. The molecule has 1 amide bonds. The first-order valence-electron chi connectivity index (χ1n) is 7.29. The van der Waals surface area contributed by atoms with E-state index >= 15 is 0 Å². The largest absolute Gasteiger partial charge is 0.494 e. The Morgan fingerprint density at radius 3 is 2.91 bits per heavy atom. The van der Waals surface area contributed by atoms with Gasteiger partial charge in [0.25, 0.3) is 0 Å². The highest BCUT2D eigenvalue weighted by Crippen LogP contribution is 2.30. The first-order valence-corrected chi connectivity index (χ1v) is 7.29. The molecule has 0 aliphatic carbocycles. The number of carbonyl (C=O) groups is 2. The third kappa shape index (κ3) is 4.87. The molecule has 6 N–H and O–H groups in total. The number of anilines is 1. The Morgan fingerprint density at radius 2 is 2.22 bits per heavy atom. The fourth-order valence-corrected chi connectivity index (χ4v) is 2.38. The molecule has 0 radical (unpaired) electrons. The Kier molecular flexibility index (Phi) is 5.40. The summed E-state index contributed by atoms with van der Waals surface area (Å²) in [6, 6.07) is 5.34. The lowest BCUT2D eigenvalue weighted by Crippen LogP contribution is -2.31. The van der Waals surface area contributed by atoms with Crippen molar-refractivity contribution in [2.45, 2.75) is 19.3 Å². The summed E-state index contributed by atoms with van der Waals surface area (Å²) < 4.78 is 5.62. The molecule has 1 aliphatic rings. The van der Waals surface area contributed by atoms with Crippen molar-refractivity contribution in [1.82, 2.24) is 0 Å². The van der Waals surface area contributed by atoms with Crippen LogP contribution in [0.4, 0.5) is 5.69 Å². The number of nitrogens with one attached hydrogen (secondary N) is 1. The summed E-state index contributed by atoms with van der Waals surface area (Å²) in [7, 11) is 0. The van der Waals surface area contributed by atoms with E-state index in [1.165, 1.54) is 0 Å². The maximum Gasteiger partial charge on any atom is 0.304 e. The van der Waals surface area contributed by atoms with Crippen molar-refractivity contribution >= 4 is 23.5 Å². The summed E-state index contributed by atoms with van der Waals surface area (Å²) >= 11 is 0. The van der Waals surface area contributed by atoms with E-state index in [2.05, 4.69) is 10.3 Å². The van der Waals surface area contributed by atoms with E-state index in [9.17, 15) is 9.59 Å². The zero-order valence-corrected chi connectivity index (χ0v) is 12.6. The molecule has 1 aliphatic heterocycles. The number of hydrogen-bond donors (Lipinski definition) is 4. The maximum absolute atomic E-state index is 11.8. The summed E-state index contributed by atoms with van der Waals surface area (Å²) in [6.45, 7) is 0.949. The third-order valence-electron chi connectivity index (χ3n) is 3.46. The van der Waals surface area contributed by atoms with Crippen LogP contribution in [0.3, 0.4) is 0 Å². The molecule has 1 aromatic rings. The smallest absolute Gasteiger partial charge is 0.304 e. The molecule has 0 fully saturated rings. The number of ether oxygens (including phenoxy) is 1. The molecular formula is C15H20N4O4. The summed E-state index contributed by atoms with van der Waals surface area (Å²) in [6.07, 6.45) is 0.876. The Balaban J connectivity index is 1.95. The Labute approximate surface area is 133 Å². The van der Waals surface area contributed by atoms with Gasteiger partial charge in [-0.15, -0.1) is 0 Å². The van der Waals surface area contributed by atoms with E-state index in [4.69, 9.17) is 21.3 Å². The van der Waals surface area contributed by atoms with Gasteiger partial charge in [0.1, 0.15) is 5.75 Å². The summed E-state index contributed by atoms with van der Waals surface area (Å²) in [4.78, 5) is 26.5. The van der Waals surface area contributed by atoms with Crippen molar-refractivity contribution in [2.75, 3.05) is 18.5 Å². The molecule has 0 bridgehead atoms. The molecule has 0 aromatic heterocycles. The highest BCUT2D eigenvalue weighted by molar-refractivity contribution is 5.97. The zero-order valence-electron chi connectivity index (χ0n) is 12.6. The van der Waals surface area contributed by atoms with Crippen LogP contribution < -0.4 is 21.5 Å². The van der Waals surface area contributed by atoms with Crippen LogP contribution in [0.1, 0.15) is 18.4 Å². The Hall–Kier alpha value is -2.77. The van der Waals surface area contributed by atoms with Gasteiger partial charge in [-0.1, -0.05) is 0 Å². The minimum absolute atomic E-state index is 0.0546. The van der Waals surface area contributed by atoms with Crippen molar-refractivity contribution in [3.8, 4) is 5.75 Å². The lowest BCUT2D eigenvalue weighted by Gasteiger charge is -2.24. The number of aliphatic carboxylic acids is 1. The van der Waals surface area contributed by atoms with Gasteiger partial charge in [0.2, 0.25) is 5.91 Å². The van der Waals surface area contributed by atoms with E-state index in [0.29, 0.717) is 37.4 Å². The third-order valence-corrected chi connectivity index (χ3v) is 3.46. The number of rotatable bonds is 7. The summed E-state index contributed by atoms with van der Waals surface area (Å²) in [5.74, 6) is -1.08. The zero-order chi connectivity index (χ0) is 16.8. The lowest BCUT2D eigenvalue weighted by molar-refractivity contribution is -0.140. The topological polar surface area (TPSA) is 140 Å². The number of nitrogens with two attached hydrogens (primary N) is 2. The van der Waals surface area contributed by atoms with Crippen LogP contribution in [0.25, 0.3) is 0 Å². The van der Waals surface area contributed by atoms with Crippen molar-refractivity contribution in [1.29, 1.82) is 0 Å². The average molecular weight is 320 g/mol. The van der Waals surface area contributed by atoms with Gasteiger partial charge in [0.15, 0.2) is 5.96 Å². The van der Waals surface area contributed by atoms with Gasteiger partial charge in [-0.3, -0.25) is 14.6 Å². The molecule has 23 heavy (non-hydrogen) atoms. The molecule has 1 heterocycles. The van der Waals surface area contributed by atoms with Crippen LogP contribution in [0.15, 0.2) is 23.2 Å². The summed E-state index contributed by atoms with van der Waals surface area (Å²) in [5.41, 5.74) is 12.0. The molecule has 124 valence electrons. The van der Waals surface area contributed by atoms with E-state index < -0.39 is 11.9 Å². The number of guanidine groups is 1. The first-order chi connectivity index (χ1) is 11.0. The number of carbonyl (C=O) groups excluding carboxylic acids is 1. The second-order valence-electron chi connectivity index (χ2n) is 5.32. The van der Waals surface area contributed by atoms with Crippen LogP contribution >= 0.6 is 0 Å². The molecule has 1 aromatic carbocycles. The second kappa shape index (κ2) is 7.48. The average Bonchev–Trinajstić information content (AvgIpc) is 2.47. The van der Waals surface area contributed by atoms with Gasteiger partial charge in [-0.2, -0.15) is 0 Å². The van der Waals surface area contributed by atoms with Crippen molar-refractivity contribution in [3.05, 3.63) is 23.8 Å². The van der Waals surface area contributed by atoms with Crippen LogP contribution in [0, 0.1) is 5.92 Å². The number of nitrogens with zero attached hydrogens (tertiary/aromatic N) is 1. The van der Waals surface area contributed by atoms with Crippen LogP contribution in [0.2, 0.25) is 0 Å². The number of hydrogen-bond acceptors (Lipinski definition) is 4. The highest BCUT2D eigenvalue weighted by Gasteiger charge is 2.28. The monoisotopic (exact) mass is 320 g/mol. The maximum atomic E-state index is 11.8. The van der Waals surface area contributed by atoms with Crippen molar-refractivity contribution in [2.24, 2.45) is 22.4 Å². The molecule has 0 saturated carbocycles. The van der Waals surface area contributed by atoms with Gasteiger partial charge in [0, 0.05) is 18.7 Å². The molecule has 0 spiro atoms.